The minimum absolute atomic E-state index is 0.0384. The van der Waals surface area contributed by atoms with Gasteiger partial charge in [-0.05, 0) is 13.0 Å². The minimum Gasteiger partial charge on any atom is -0.378 e. The van der Waals surface area contributed by atoms with Gasteiger partial charge in [0.05, 0.1) is 19.1 Å². The second-order valence-corrected chi connectivity index (χ2v) is 5.72. The van der Waals surface area contributed by atoms with E-state index >= 15 is 0 Å². The standard InChI is InChI=1S/C15H23N5O2/c1-11-13(10-18-19-11)15(21)17-9-12-3-2-4-16-14(12)20-5-7-22-8-6-20/h2-4,11,13,18-19H,5-10H2,1H3,(H,17,21). The Kier molecular flexibility index (Phi) is 4.87. The van der Waals surface area contributed by atoms with E-state index in [0.29, 0.717) is 13.1 Å². The SMILES string of the molecule is CC1NNCC1C(=O)NCc1cccnc1N1CCOCC1. The van der Waals surface area contributed by atoms with E-state index in [9.17, 15) is 4.79 Å². The first-order valence-corrected chi connectivity index (χ1v) is 7.78. The lowest BCUT2D eigenvalue weighted by molar-refractivity contribution is -0.124. The lowest BCUT2D eigenvalue weighted by atomic mass is 10.0. The number of morpholine rings is 1. The van der Waals surface area contributed by atoms with E-state index in [0.717, 1.165) is 37.7 Å². The van der Waals surface area contributed by atoms with E-state index < -0.39 is 0 Å². The molecule has 0 aromatic carbocycles. The number of amides is 1. The molecule has 2 saturated heterocycles. The zero-order chi connectivity index (χ0) is 15.4. The fourth-order valence-electron chi connectivity index (χ4n) is 2.87. The summed E-state index contributed by atoms with van der Waals surface area (Å²) in [5.74, 6) is 0.979. The molecule has 1 aromatic heterocycles. The fraction of sp³-hybridized carbons (Fsp3) is 0.600. The third-order valence-electron chi connectivity index (χ3n) is 4.22. The highest BCUT2D eigenvalue weighted by Crippen LogP contribution is 2.18. The molecule has 7 heteroatoms. The van der Waals surface area contributed by atoms with Crippen LogP contribution in [-0.4, -0.2) is 49.8 Å². The molecule has 0 spiro atoms. The van der Waals surface area contributed by atoms with Crippen molar-refractivity contribution in [3.8, 4) is 0 Å². The summed E-state index contributed by atoms with van der Waals surface area (Å²) in [6.07, 6.45) is 1.79. The molecule has 0 aliphatic carbocycles. The molecule has 2 fully saturated rings. The highest BCUT2D eigenvalue weighted by atomic mass is 16.5. The summed E-state index contributed by atoms with van der Waals surface area (Å²) in [4.78, 5) is 19.0. The molecule has 2 atom stereocenters. The number of nitrogens with zero attached hydrogens (tertiary/aromatic N) is 2. The predicted molar refractivity (Wildman–Crippen MR) is 83.2 cm³/mol. The Morgan fingerprint density at radius 3 is 3.05 bits per heavy atom. The number of aromatic nitrogens is 1. The van der Waals surface area contributed by atoms with Gasteiger partial charge in [-0.15, -0.1) is 0 Å². The number of anilines is 1. The molecule has 120 valence electrons. The van der Waals surface area contributed by atoms with Crippen LogP contribution in [0.3, 0.4) is 0 Å². The summed E-state index contributed by atoms with van der Waals surface area (Å²) in [6, 6.07) is 4.08. The van der Waals surface area contributed by atoms with Crippen molar-refractivity contribution in [2.75, 3.05) is 37.7 Å². The number of hydrogen-bond donors (Lipinski definition) is 3. The number of ether oxygens (including phenoxy) is 1. The maximum absolute atomic E-state index is 12.3. The van der Waals surface area contributed by atoms with Gasteiger partial charge in [-0.3, -0.25) is 15.6 Å². The van der Waals surface area contributed by atoms with E-state index in [1.165, 1.54) is 0 Å². The molecule has 0 radical (unpaired) electrons. The topological polar surface area (TPSA) is 78.5 Å². The minimum atomic E-state index is -0.0384. The van der Waals surface area contributed by atoms with Crippen LogP contribution in [0, 0.1) is 5.92 Å². The van der Waals surface area contributed by atoms with E-state index in [-0.39, 0.29) is 17.9 Å². The monoisotopic (exact) mass is 305 g/mol. The van der Waals surface area contributed by atoms with Crippen LogP contribution in [0.15, 0.2) is 18.3 Å². The van der Waals surface area contributed by atoms with Gasteiger partial charge in [-0.1, -0.05) is 6.07 Å². The van der Waals surface area contributed by atoms with Gasteiger partial charge in [0.15, 0.2) is 0 Å². The molecule has 3 rings (SSSR count). The summed E-state index contributed by atoms with van der Waals surface area (Å²) in [5.41, 5.74) is 7.13. The fourth-order valence-corrected chi connectivity index (χ4v) is 2.87. The van der Waals surface area contributed by atoms with Crippen molar-refractivity contribution >= 4 is 11.7 Å². The van der Waals surface area contributed by atoms with Crippen molar-refractivity contribution < 1.29 is 9.53 Å². The van der Waals surface area contributed by atoms with Crippen LogP contribution < -0.4 is 21.1 Å². The zero-order valence-electron chi connectivity index (χ0n) is 12.8. The first kappa shape index (κ1) is 15.2. The number of hydrazine groups is 1. The molecule has 3 N–H and O–H groups in total. The van der Waals surface area contributed by atoms with Crippen LogP contribution in [0.25, 0.3) is 0 Å². The molecule has 3 heterocycles. The summed E-state index contributed by atoms with van der Waals surface area (Å²) in [6.45, 7) is 6.29. The summed E-state index contributed by atoms with van der Waals surface area (Å²) >= 11 is 0. The Labute approximate surface area is 130 Å². The third-order valence-corrected chi connectivity index (χ3v) is 4.22. The van der Waals surface area contributed by atoms with Gasteiger partial charge in [0.2, 0.25) is 5.91 Å². The second kappa shape index (κ2) is 7.04. The van der Waals surface area contributed by atoms with Gasteiger partial charge in [0.25, 0.3) is 0 Å². The maximum atomic E-state index is 12.3. The van der Waals surface area contributed by atoms with Crippen LogP contribution in [0.1, 0.15) is 12.5 Å². The second-order valence-electron chi connectivity index (χ2n) is 5.72. The Bertz CT molecular complexity index is 518. The lowest BCUT2D eigenvalue weighted by Crippen LogP contribution is -2.39. The zero-order valence-corrected chi connectivity index (χ0v) is 12.8. The van der Waals surface area contributed by atoms with Crippen LogP contribution >= 0.6 is 0 Å². The van der Waals surface area contributed by atoms with Crippen LogP contribution in [0.5, 0.6) is 0 Å². The molecule has 2 aliphatic rings. The molecule has 22 heavy (non-hydrogen) atoms. The van der Waals surface area contributed by atoms with Crippen LogP contribution in [0.2, 0.25) is 0 Å². The third kappa shape index (κ3) is 3.37. The molecule has 1 aromatic rings. The van der Waals surface area contributed by atoms with E-state index in [1.54, 1.807) is 6.20 Å². The van der Waals surface area contributed by atoms with Gasteiger partial charge in [0, 0.05) is 44.0 Å². The highest BCUT2D eigenvalue weighted by molar-refractivity contribution is 5.80. The normalized spacial score (nSPS) is 25.2. The van der Waals surface area contributed by atoms with Crippen molar-refractivity contribution in [2.45, 2.75) is 19.5 Å². The number of carbonyl (C=O) groups is 1. The quantitative estimate of drug-likeness (QED) is 0.705. The average molecular weight is 305 g/mol. The van der Waals surface area contributed by atoms with E-state index in [2.05, 4.69) is 26.1 Å². The summed E-state index contributed by atoms with van der Waals surface area (Å²) in [5, 5.41) is 3.03. The number of carbonyl (C=O) groups excluding carboxylic acids is 1. The molecular weight excluding hydrogens is 282 g/mol. The van der Waals surface area contributed by atoms with Crippen molar-refractivity contribution in [3.63, 3.8) is 0 Å². The highest BCUT2D eigenvalue weighted by Gasteiger charge is 2.29. The molecule has 2 aliphatic heterocycles. The van der Waals surface area contributed by atoms with Crippen molar-refractivity contribution in [2.24, 2.45) is 5.92 Å². The van der Waals surface area contributed by atoms with Gasteiger partial charge in [-0.2, -0.15) is 0 Å². The van der Waals surface area contributed by atoms with Crippen molar-refractivity contribution in [1.82, 2.24) is 21.2 Å². The summed E-state index contributed by atoms with van der Waals surface area (Å²) in [7, 11) is 0. The van der Waals surface area contributed by atoms with Gasteiger partial charge < -0.3 is 15.0 Å². The first-order chi connectivity index (χ1) is 10.8. The smallest absolute Gasteiger partial charge is 0.226 e. The molecule has 0 bridgehead atoms. The Balaban J connectivity index is 1.63. The summed E-state index contributed by atoms with van der Waals surface area (Å²) < 4.78 is 5.39. The van der Waals surface area contributed by atoms with Crippen molar-refractivity contribution in [1.29, 1.82) is 0 Å². The maximum Gasteiger partial charge on any atom is 0.226 e. The van der Waals surface area contributed by atoms with E-state index in [1.807, 2.05) is 19.1 Å². The predicted octanol–water partition coefficient (Wildman–Crippen LogP) is -0.353. The first-order valence-electron chi connectivity index (χ1n) is 7.78. The Morgan fingerprint density at radius 2 is 2.32 bits per heavy atom. The van der Waals surface area contributed by atoms with Gasteiger partial charge in [0.1, 0.15) is 5.82 Å². The van der Waals surface area contributed by atoms with Gasteiger partial charge >= 0.3 is 0 Å². The van der Waals surface area contributed by atoms with Crippen molar-refractivity contribution in [3.05, 3.63) is 23.9 Å². The molecular formula is C15H23N5O2. The Morgan fingerprint density at radius 1 is 1.50 bits per heavy atom. The van der Waals surface area contributed by atoms with Gasteiger partial charge in [-0.25, -0.2) is 4.98 Å². The average Bonchev–Trinajstić information content (AvgIpc) is 3.00. The molecule has 0 saturated carbocycles. The van der Waals surface area contributed by atoms with E-state index in [4.69, 9.17) is 4.74 Å². The molecule has 7 nitrogen and oxygen atoms in total. The van der Waals surface area contributed by atoms with Crippen LogP contribution in [-0.2, 0) is 16.1 Å². The number of pyridine rings is 1. The lowest BCUT2D eigenvalue weighted by Gasteiger charge is -2.29. The largest absolute Gasteiger partial charge is 0.378 e. The molecule has 2 unspecified atom stereocenters. The number of hydrogen-bond acceptors (Lipinski definition) is 6. The van der Waals surface area contributed by atoms with Crippen LogP contribution in [0.4, 0.5) is 5.82 Å². The molecule has 1 amide bonds. The Hall–Kier alpha value is -1.70. The number of nitrogens with one attached hydrogen (secondary N) is 3. The number of rotatable bonds is 4.